The number of thiophene rings is 1. The van der Waals surface area contributed by atoms with Crippen molar-refractivity contribution < 1.29 is 13.2 Å². The number of sulfonamides is 1. The molecule has 164 valence electrons. The Kier molecular flexibility index (Phi) is 7.81. The van der Waals surface area contributed by atoms with Gasteiger partial charge in [0.2, 0.25) is 15.9 Å². The minimum atomic E-state index is -3.75. The molecule has 1 aliphatic heterocycles. The van der Waals surface area contributed by atoms with Gasteiger partial charge in [-0.05, 0) is 56.6 Å². The molecule has 1 unspecified atom stereocenters. The third kappa shape index (κ3) is 5.36. The molecule has 1 aromatic heterocycles. The lowest BCUT2D eigenvalue weighted by Crippen LogP contribution is -2.44. The molecule has 1 N–H and O–H groups in total. The molecule has 30 heavy (non-hydrogen) atoms. The molecule has 1 fully saturated rings. The molecule has 10 heteroatoms. The van der Waals surface area contributed by atoms with E-state index < -0.39 is 10.0 Å². The average molecular weight is 490 g/mol. The molecular formula is C20H25Cl2N3O3S2. The number of likely N-dealkylation sites (N-methyl/N-ethyl adjacent to an activating group) is 1. The van der Waals surface area contributed by atoms with Gasteiger partial charge in [-0.2, -0.15) is 4.31 Å². The van der Waals surface area contributed by atoms with E-state index in [9.17, 15) is 13.2 Å². The molecule has 1 saturated heterocycles. The van der Waals surface area contributed by atoms with Gasteiger partial charge in [0, 0.05) is 35.5 Å². The van der Waals surface area contributed by atoms with Gasteiger partial charge in [-0.15, -0.1) is 11.3 Å². The molecule has 1 amide bonds. The summed E-state index contributed by atoms with van der Waals surface area (Å²) < 4.78 is 27.2. The second-order valence-electron chi connectivity index (χ2n) is 7.49. The third-order valence-corrected chi connectivity index (χ3v) is 8.89. The van der Waals surface area contributed by atoms with Crippen molar-refractivity contribution in [3.8, 4) is 0 Å². The molecule has 3 rings (SSSR count). The summed E-state index contributed by atoms with van der Waals surface area (Å²) in [7, 11) is 0.223. The van der Waals surface area contributed by atoms with Gasteiger partial charge in [0.05, 0.1) is 11.1 Å². The number of amides is 1. The van der Waals surface area contributed by atoms with Crippen molar-refractivity contribution in [1.29, 1.82) is 0 Å². The highest BCUT2D eigenvalue weighted by atomic mass is 35.5. The summed E-state index contributed by atoms with van der Waals surface area (Å²) in [5.41, 5.74) is 0. The normalized spacial score (nSPS) is 17.2. The van der Waals surface area contributed by atoms with E-state index in [1.54, 1.807) is 17.4 Å². The number of nitrogens with zero attached hydrogens (tertiary/aromatic N) is 2. The van der Waals surface area contributed by atoms with Gasteiger partial charge < -0.3 is 10.2 Å². The Balaban J connectivity index is 1.58. The number of halogens is 2. The number of hydrogen-bond acceptors (Lipinski definition) is 5. The molecule has 1 aromatic carbocycles. The smallest absolute Gasteiger partial charge is 0.244 e. The molecule has 0 radical (unpaired) electrons. The molecule has 1 aliphatic rings. The summed E-state index contributed by atoms with van der Waals surface area (Å²) in [5.74, 6) is -0.242. The summed E-state index contributed by atoms with van der Waals surface area (Å²) in [6, 6.07) is 8.57. The largest absolute Gasteiger partial charge is 0.354 e. The van der Waals surface area contributed by atoms with E-state index in [2.05, 4.69) is 16.3 Å². The van der Waals surface area contributed by atoms with Crippen LogP contribution in [0.15, 0.2) is 40.6 Å². The first-order chi connectivity index (χ1) is 14.2. The Labute approximate surface area is 191 Å². The van der Waals surface area contributed by atoms with Crippen LogP contribution in [0.5, 0.6) is 0 Å². The second-order valence-corrected chi connectivity index (χ2v) is 11.2. The maximum atomic E-state index is 12.9. The third-order valence-electron chi connectivity index (χ3n) is 5.30. The Morgan fingerprint density at radius 1 is 1.27 bits per heavy atom. The summed E-state index contributed by atoms with van der Waals surface area (Å²) in [4.78, 5) is 16.0. The SMILES string of the molecule is CN(C)C(CNC(=O)C1CCN(S(=O)(=O)c2cc(Cl)ccc2Cl)CC1)c1cccs1. The molecule has 2 heterocycles. The fourth-order valence-electron chi connectivity index (χ4n) is 3.53. The number of nitrogens with one attached hydrogen (secondary N) is 1. The Morgan fingerprint density at radius 3 is 2.57 bits per heavy atom. The van der Waals surface area contributed by atoms with Crippen molar-refractivity contribution in [2.24, 2.45) is 5.92 Å². The van der Waals surface area contributed by atoms with Crippen molar-refractivity contribution in [2.45, 2.75) is 23.8 Å². The lowest BCUT2D eigenvalue weighted by Gasteiger charge is -2.31. The summed E-state index contributed by atoms with van der Waals surface area (Å²) in [5, 5.41) is 5.52. The van der Waals surface area contributed by atoms with Crippen LogP contribution in [-0.4, -0.2) is 57.3 Å². The molecule has 0 bridgehead atoms. The van der Waals surface area contributed by atoms with Crippen molar-refractivity contribution in [3.63, 3.8) is 0 Å². The Bertz CT molecular complexity index is 973. The predicted molar refractivity (Wildman–Crippen MR) is 122 cm³/mol. The van der Waals surface area contributed by atoms with Gasteiger partial charge in [0.25, 0.3) is 0 Å². The maximum Gasteiger partial charge on any atom is 0.244 e. The van der Waals surface area contributed by atoms with Gasteiger partial charge in [0.1, 0.15) is 4.90 Å². The van der Waals surface area contributed by atoms with Crippen LogP contribution in [0.3, 0.4) is 0 Å². The molecule has 0 saturated carbocycles. The van der Waals surface area contributed by atoms with E-state index in [0.717, 1.165) is 0 Å². The number of piperidine rings is 1. The van der Waals surface area contributed by atoms with Crippen molar-refractivity contribution >= 4 is 50.5 Å². The van der Waals surface area contributed by atoms with Gasteiger partial charge in [-0.3, -0.25) is 4.79 Å². The Morgan fingerprint density at radius 2 is 1.97 bits per heavy atom. The first-order valence-electron chi connectivity index (χ1n) is 9.63. The van der Waals surface area contributed by atoms with E-state index >= 15 is 0 Å². The van der Waals surface area contributed by atoms with Gasteiger partial charge in [-0.25, -0.2) is 8.42 Å². The summed E-state index contributed by atoms with van der Waals surface area (Å²) in [6.45, 7) is 1.06. The molecule has 0 aliphatic carbocycles. The zero-order chi connectivity index (χ0) is 21.9. The monoisotopic (exact) mass is 489 g/mol. The van der Waals surface area contributed by atoms with E-state index in [4.69, 9.17) is 23.2 Å². The first-order valence-corrected chi connectivity index (χ1v) is 12.7. The van der Waals surface area contributed by atoms with Crippen LogP contribution in [0, 0.1) is 5.92 Å². The number of benzene rings is 1. The standard InChI is InChI=1S/C20H25Cl2N3O3S2/c1-24(2)17(18-4-3-11-29-18)13-23-20(26)14-7-9-25(10-8-14)30(27,28)19-12-15(21)5-6-16(19)22/h3-6,11-12,14,17H,7-10,13H2,1-2H3,(H,23,26). The van der Waals surface area contributed by atoms with Crippen molar-refractivity contribution in [2.75, 3.05) is 33.7 Å². The van der Waals surface area contributed by atoms with Crippen LogP contribution in [0.1, 0.15) is 23.8 Å². The number of hydrogen-bond donors (Lipinski definition) is 1. The maximum absolute atomic E-state index is 12.9. The highest BCUT2D eigenvalue weighted by molar-refractivity contribution is 7.89. The van der Waals surface area contributed by atoms with Crippen molar-refractivity contribution in [3.05, 3.63) is 50.6 Å². The van der Waals surface area contributed by atoms with Crippen LogP contribution in [0.4, 0.5) is 0 Å². The fourth-order valence-corrected chi connectivity index (χ4v) is 6.66. The molecular weight excluding hydrogens is 465 g/mol. The molecule has 6 nitrogen and oxygen atoms in total. The van der Waals surface area contributed by atoms with E-state index in [1.165, 1.54) is 21.3 Å². The highest BCUT2D eigenvalue weighted by Gasteiger charge is 2.33. The van der Waals surface area contributed by atoms with Crippen LogP contribution in [0.2, 0.25) is 10.0 Å². The minimum Gasteiger partial charge on any atom is -0.354 e. The topological polar surface area (TPSA) is 69.7 Å². The lowest BCUT2D eigenvalue weighted by molar-refractivity contribution is -0.126. The second kappa shape index (κ2) is 9.97. The van der Waals surface area contributed by atoms with E-state index in [0.29, 0.717) is 24.4 Å². The molecule has 2 aromatic rings. The van der Waals surface area contributed by atoms with Crippen molar-refractivity contribution in [1.82, 2.24) is 14.5 Å². The van der Waals surface area contributed by atoms with Crippen LogP contribution in [-0.2, 0) is 14.8 Å². The van der Waals surface area contributed by atoms with Gasteiger partial charge in [0.15, 0.2) is 0 Å². The van der Waals surface area contributed by atoms with Crippen LogP contribution in [0.25, 0.3) is 0 Å². The number of carbonyl (C=O) groups excluding carboxylic acids is 1. The quantitative estimate of drug-likeness (QED) is 0.640. The summed E-state index contributed by atoms with van der Waals surface area (Å²) in [6.07, 6.45) is 0.934. The lowest BCUT2D eigenvalue weighted by atomic mass is 9.97. The average Bonchev–Trinajstić information content (AvgIpc) is 3.24. The van der Waals surface area contributed by atoms with Gasteiger partial charge in [-0.1, -0.05) is 29.3 Å². The van der Waals surface area contributed by atoms with Crippen LogP contribution < -0.4 is 5.32 Å². The summed E-state index contributed by atoms with van der Waals surface area (Å²) >= 11 is 13.7. The molecule has 0 spiro atoms. The number of rotatable bonds is 7. The van der Waals surface area contributed by atoms with Crippen LogP contribution >= 0.6 is 34.5 Å². The van der Waals surface area contributed by atoms with Gasteiger partial charge >= 0.3 is 0 Å². The Hall–Kier alpha value is -1.16. The minimum absolute atomic E-state index is 0.00402. The fraction of sp³-hybridized carbons (Fsp3) is 0.450. The van der Waals surface area contributed by atoms with E-state index in [-0.39, 0.29) is 40.9 Å². The highest BCUT2D eigenvalue weighted by Crippen LogP contribution is 2.30. The molecule has 1 atom stereocenters. The zero-order valence-electron chi connectivity index (χ0n) is 16.8. The number of carbonyl (C=O) groups is 1. The first kappa shape index (κ1) is 23.5. The van der Waals surface area contributed by atoms with E-state index in [1.807, 2.05) is 25.5 Å². The zero-order valence-corrected chi connectivity index (χ0v) is 20.0. The predicted octanol–water partition coefficient (Wildman–Crippen LogP) is 3.87.